The van der Waals surface area contributed by atoms with Gasteiger partial charge in [-0.15, -0.1) is 0 Å². The Bertz CT molecular complexity index is 580. The molecule has 0 bridgehead atoms. The number of carbonyl (C=O) groups is 2. The van der Waals surface area contributed by atoms with Gasteiger partial charge in [-0.3, -0.25) is 4.79 Å². The van der Waals surface area contributed by atoms with Crippen molar-refractivity contribution in [3.63, 3.8) is 0 Å². The van der Waals surface area contributed by atoms with E-state index in [2.05, 4.69) is 5.32 Å². The molecule has 0 saturated heterocycles. The van der Waals surface area contributed by atoms with Crippen molar-refractivity contribution in [2.75, 3.05) is 30.4 Å². The first-order chi connectivity index (χ1) is 10.2. The maximum atomic E-state index is 12.6. The summed E-state index contributed by atoms with van der Waals surface area (Å²) in [5, 5.41) is 2.67. The number of carbonyl (C=O) groups excluding carboxylic acids is 2. The van der Waals surface area contributed by atoms with E-state index in [9.17, 15) is 9.59 Å². The van der Waals surface area contributed by atoms with Gasteiger partial charge in [-0.05, 0) is 32.9 Å². The maximum absolute atomic E-state index is 12.6. The zero-order valence-electron chi connectivity index (χ0n) is 13.7. The predicted molar refractivity (Wildman–Crippen MR) is 86.3 cm³/mol. The Hall–Kier alpha value is -2.24. The topological polar surface area (TPSA) is 61.9 Å². The fourth-order valence-electron chi connectivity index (χ4n) is 2.43. The summed E-state index contributed by atoms with van der Waals surface area (Å²) in [6, 6.07) is 7.00. The van der Waals surface area contributed by atoms with E-state index in [1.165, 1.54) is 0 Å². The first-order valence-corrected chi connectivity index (χ1v) is 7.26. The molecule has 1 aromatic rings. The average Bonchev–Trinajstić information content (AvgIpc) is 2.49. The van der Waals surface area contributed by atoms with Crippen molar-refractivity contribution in [1.29, 1.82) is 0 Å². The lowest BCUT2D eigenvalue weighted by atomic mass is 10.2. The fraction of sp³-hybridized carbons (Fsp3) is 0.500. The maximum Gasteiger partial charge on any atom is 0.408 e. The highest BCUT2D eigenvalue weighted by Gasteiger charge is 2.32. The van der Waals surface area contributed by atoms with E-state index in [1.807, 2.05) is 36.2 Å². The molecule has 6 nitrogen and oxygen atoms in total. The summed E-state index contributed by atoms with van der Waals surface area (Å²) in [6.07, 6.45) is -0.585. The van der Waals surface area contributed by atoms with E-state index >= 15 is 0 Å². The van der Waals surface area contributed by atoms with Crippen molar-refractivity contribution in [2.45, 2.75) is 32.4 Å². The van der Waals surface area contributed by atoms with Crippen LogP contribution in [0, 0.1) is 0 Å². The average molecular weight is 305 g/mol. The molecule has 1 aliphatic heterocycles. The fourth-order valence-corrected chi connectivity index (χ4v) is 2.43. The van der Waals surface area contributed by atoms with E-state index in [4.69, 9.17) is 4.74 Å². The van der Waals surface area contributed by atoms with Crippen LogP contribution >= 0.6 is 0 Å². The number of hydrogen-bond donors (Lipinski definition) is 1. The quantitative estimate of drug-likeness (QED) is 0.862. The Kier molecular flexibility index (Phi) is 4.30. The van der Waals surface area contributed by atoms with Gasteiger partial charge in [0.05, 0.1) is 11.4 Å². The van der Waals surface area contributed by atoms with E-state index < -0.39 is 17.7 Å². The summed E-state index contributed by atoms with van der Waals surface area (Å²) < 4.78 is 5.24. The van der Waals surface area contributed by atoms with Gasteiger partial charge in [0.2, 0.25) is 0 Å². The molecular weight excluding hydrogens is 282 g/mol. The van der Waals surface area contributed by atoms with Crippen LogP contribution in [-0.4, -0.2) is 44.3 Å². The molecule has 6 heteroatoms. The van der Waals surface area contributed by atoms with Crippen LogP contribution in [-0.2, 0) is 9.53 Å². The first kappa shape index (κ1) is 16.1. The number of nitrogens with one attached hydrogen (secondary N) is 1. The van der Waals surface area contributed by atoms with Crippen LogP contribution in [0.2, 0.25) is 0 Å². The van der Waals surface area contributed by atoms with E-state index in [0.29, 0.717) is 6.54 Å². The van der Waals surface area contributed by atoms with Crippen LogP contribution in [0.1, 0.15) is 20.8 Å². The third-order valence-corrected chi connectivity index (χ3v) is 3.43. The number of ether oxygens (including phenoxy) is 1. The van der Waals surface area contributed by atoms with Crippen LogP contribution in [0.4, 0.5) is 16.2 Å². The number of benzene rings is 1. The second-order valence-corrected chi connectivity index (χ2v) is 6.47. The summed E-state index contributed by atoms with van der Waals surface area (Å²) in [4.78, 5) is 28.1. The minimum atomic E-state index is -0.655. The molecule has 0 saturated carbocycles. The predicted octanol–water partition coefficient (Wildman–Crippen LogP) is 1.99. The largest absolute Gasteiger partial charge is 0.444 e. The number of rotatable bonds is 1. The zero-order chi connectivity index (χ0) is 16.5. The number of nitrogens with zero attached hydrogens (tertiary/aromatic N) is 2. The lowest BCUT2D eigenvalue weighted by molar-refractivity contribution is -0.120. The Balaban J connectivity index is 2.19. The standard InChI is InChI=1S/C16H23N3O3/c1-16(2,3)22-15(21)17-11-10-18(4)12-8-6-7-9-13(12)19(5)14(11)20/h6-9,11H,10H2,1-5H3,(H,17,21)/t11-/m1/s1. The summed E-state index contributed by atoms with van der Waals surface area (Å²) in [5.41, 5.74) is 1.17. The van der Waals surface area contributed by atoms with Gasteiger partial charge in [-0.2, -0.15) is 0 Å². The zero-order valence-corrected chi connectivity index (χ0v) is 13.7. The first-order valence-electron chi connectivity index (χ1n) is 7.26. The van der Waals surface area contributed by atoms with Crippen molar-refractivity contribution in [3.8, 4) is 0 Å². The molecule has 1 atom stereocenters. The van der Waals surface area contributed by atoms with E-state index in [-0.39, 0.29) is 5.91 Å². The molecule has 0 aliphatic carbocycles. The van der Waals surface area contributed by atoms with Crippen LogP contribution in [0.5, 0.6) is 0 Å². The number of amides is 2. The van der Waals surface area contributed by atoms with Crippen LogP contribution in [0.3, 0.4) is 0 Å². The minimum absolute atomic E-state index is 0.164. The molecular formula is C16H23N3O3. The molecule has 120 valence electrons. The van der Waals surface area contributed by atoms with E-state index in [1.54, 1.807) is 32.7 Å². The number of hydrogen-bond acceptors (Lipinski definition) is 4. The van der Waals surface area contributed by atoms with Gasteiger partial charge in [0, 0.05) is 20.6 Å². The van der Waals surface area contributed by atoms with Crippen molar-refractivity contribution < 1.29 is 14.3 Å². The lowest BCUT2D eigenvalue weighted by Crippen LogP contribution is -2.51. The molecule has 0 unspecified atom stereocenters. The number of fused-ring (bicyclic) bond motifs is 1. The van der Waals surface area contributed by atoms with Crippen LogP contribution < -0.4 is 15.1 Å². The van der Waals surface area contributed by atoms with Gasteiger partial charge in [0.25, 0.3) is 5.91 Å². The third-order valence-electron chi connectivity index (χ3n) is 3.43. The Labute approximate surface area is 131 Å². The van der Waals surface area contributed by atoms with Crippen molar-refractivity contribution in [3.05, 3.63) is 24.3 Å². The van der Waals surface area contributed by atoms with Gasteiger partial charge in [0.15, 0.2) is 0 Å². The van der Waals surface area contributed by atoms with Gasteiger partial charge >= 0.3 is 6.09 Å². The second-order valence-electron chi connectivity index (χ2n) is 6.47. The summed E-state index contributed by atoms with van der Waals surface area (Å²) in [5.74, 6) is -0.164. The van der Waals surface area contributed by atoms with Gasteiger partial charge < -0.3 is 19.9 Å². The van der Waals surface area contributed by atoms with Gasteiger partial charge in [-0.25, -0.2) is 4.79 Å². The molecule has 1 heterocycles. The monoisotopic (exact) mass is 305 g/mol. The third kappa shape index (κ3) is 3.50. The molecule has 2 amide bonds. The SMILES string of the molecule is CN1C[C@@H](NC(=O)OC(C)(C)C)C(=O)N(C)c2ccccc21. The molecule has 0 fully saturated rings. The highest BCUT2D eigenvalue weighted by molar-refractivity contribution is 6.02. The molecule has 22 heavy (non-hydrogen) atoms. The number of para-hydroxylation sites is 2. The Morgan fingerprint density at radius 1 is 1.23 bits per heavy atom. The molecule has 0 spiro atoms. The molecule has 0 radical (unpaired) electrons. The number of anilines is 2. The van der Waals surface area contributed by atoms with Crippen molar-refractivity contribution in [2.24, 2.45) is 0 Å². The van der Waals surface area contributed by atoms with Crippen LogP contribution in [0.25, 0.3) is 0 Å². The van der Waals surface area contributed by atoms with E-state index in [0.717, 1.165) is 11.4 Å². The molecule has 1 N–H and O–H groups in total. The van der Waals surface area contributed by atoms with Gasteiger partial charge in [0.1, 0.15) is 11.6 Å². The molecule has 1 aromatic carbocycles. The lowest BCUT2D eigenvalue weighted by Gasteiger charge is -2.25. The second kappa shape index (κ2) is 5.87. The summed E-state index contributed by atoms with van der Waals surface area (Å²) in [7, 11) is 3.61. The number of alkyl carbamates (subject to hydrolysis) is 1. The van der Waals surface area contributed by atoms with Gasteiger partial charge in [-0.1, -0.05) is 12.1 Å². The number of likely N-dealkylation sites (N-methyl/N-ethyl adjacent to an activating group) is 2. The highest BCUT2D eigenvalue weighted by atomic mass is 16.6. The molecule has 1 aliphatic rings. The van der Waals surface area contributed by atoms with Crippen LogP contribution in [0.15, 0.2) is 24.3 Å². The minimum Gasteiger partial charge on any atom is -0.444 e. The normalized spacial score (nSPS) is 18.6. The molecule has 2 rings (SSSR count). The Morgan fingerprint density at radius 2 is 1.82 bits per heavy atom. The van der Waals surface area contributed by atoms with Crippen molar-refractivity contribution >= 4 is 23.4 Å². The summed E-state index contributed by atoms with van der Waals surface area (Å²) >= 11 is 0. The molecule has 0 aromatic heterocycles. The van der Waals surface area contributed by atoms with Crippen molar-refractivity contribution in [1.82, 2.24) is 5.32 Å². The summed E-state index contributed by atoms with van der Waals surface area (Å²) in [6.45, 7) is 5.75. The smallest absolute Gasteiger partial charge is 0.408 e. The Morgan fingerprint density at radius 3 is 2.41 bits per heavy atom. The highest BCUT2D eigenvalue weighted by Crippen LogP contribution is 2.30.